The lowest BCUT2D eigenvalue weighted by Crippen LogP contribution is -2.20. The van der Waals surface area contributed by atoms with Crippen molar-refractivity contribution in [3.8, 4) is 11.5 Å². The largest absolute Gasteiger partial charge is 0.484 e. The number of hydrogen-bond donors (Lipinski definition) is 1. The summed E-state index contributed by atoms with van der Waals surface area (Å²) in [5, 5.41) is 5.94. The number of hydrogen-bond acceptors (Lipinski definition) is 5. The molecule has 3 rings (SSSR count). The molecule has 0 spiro atoms. The summed E-state index contributed by atoms with van der Waals surface area (Å²) in [6.07, 6.45) is -11.5. The Morgan fingerprint density at radius 3 is 2.06 bits per heavy atom. The fraction of sp³-hybridized carbons (Fsp3) is 0.316. The molecule has 1 amide bonds. The molecule has 0 aliphatic heterocycles. The summed E-state index contributed by atoms with van der Waals surface area (Å²) in [5.41, 5.74) is -1.17. The van der Waals surface area contributed by atoms with Crippen LogP contribution in [-0.2, 0) is 0 Å². The zero-order valence-corrected chi connectivity index (χ0v) is 17.0. The fourth-order valence-corrected chi connectivity index (χ4v) is 2.77. The molecule has 3 aromatic rings. The molecule has 1 aromatic carbocycles. The van der Waals surface area contributed by atoms with Gasteiger partial charge in [-0.3, -0.25) is 4.79 Å². The number of aryl methyl sites for hydroxylation is 1. The highest BCUT2D eigenvalue weighted by Crippen LogP contribution is 2.30. The summed E-state index contributed by atoms with van der Waals surface area (Å²) in [4.78, 5) is 16.7. The third-order valence-corrected chi connectivity index (χ3v) is 4.04. The molecular formula is C19H14F8N4O3. The molecule has 7 nitrogen and oxygen atoms in total. The average Bonchev–Trinajstić information content (AvgIpc) is 3.12. The van der Waals surface area contributed by atoms with Gasteiger partial charge in [0.2, 0.25) is 0 Å². The van der Waals surface area contributed by atoms with E-state index in [9.17, 15) is 39.9 Å². The Morgan fingerprint density at radius 2 is 1.56 bits per heavy atom. The summed E-state index contributed by atoms with van der Waals surface area (Å²) in [5.74, 6) is -2.05. The molecule has 0 saturated heterocycles. The van der Waals surface area contributed by atoms with Gasteiger partial charge in [-0.25, -0.2) is 18.3 Å². The van der Waals surface area contributed by atoms with Crippen LogP contribution in [0.25, 0.3) is 5.65 Å². The molecule has 1 N–H and O–H groups in total. The van der Waals surface area contributed by atoms with E-state index in [4.69, 9.17) is 0 Å². The van der Waals surface area contributed by atoms with Crippen molar-refractivity contribution < 1.29 is 49.4 Å². The number of carbonyl (C=O) groups is 1. The Morgan fingerprint density at radius 1 is 1.00 bits per heavy atom. The van der Waals surface area contributed by atoms with E-state index in [2.05, 4.69) is 24.9 Å². The van der Waals surface area contributed by atoms with E-state index in [0.717, 1.165) is 35.0 Å². The number of carbonyl (C=O) groups excluding carboxylic acids is 1. The average molecular weight is 498 g/mol. The smallest absolute Gasteiger partial charge is 0.422 e. The second-order valence-corrected chi connectivity index (χ2v) is 6.87. The molecule has 184 valence electrons. The zero-order valence-electron chi connectivity index (χ0n) is 17.0. The van der Waals surface area contributed by atoms with Crippen molar-refractivity contribution in [3.05, 3.63) is 47.4 Å². The summed E-state index contributed by atoms with van der Waals surface area (Å²) in [7, 11) is 0. The van der Waals surface area contributed by atoms with Gasteiger partial charge < -0.3 is 14.8 Å². The van der Waals surface area contributed by atoms with Crippen LogP contribution in [0.4, 0.5) is 40.8 Å². The third kappa shape index (κ3) is 6.45. The lowest BCUT2D eigenvalue weighted by molar-refractivity contribution is -0.153. The van der Waals surface area contributed by atoms with E-state index in [1.807, 2.05) is 0 Å². The van der Waals surface area contributed by atoms with Gasteiger partial charge in [-0.1, -0.05) is 0 Å². The Kier molecular flexibility index (Phi) is 6.84. The number of ether oxygens (including phenoxy) is 2. The van der Waals surface area contributed by atoms with Crippen LogP contribution in [0.15, 0.2) is 30.5 Å². The molecule has 0 saturated carbocycles. The first-order chi connectivity index (χ1) is 15.7. The maximum Gasteiger partial charge on any atom is 0.422 e. The van der Waals surface area contributed by atoms with E-state index in [-0.39, 0.29) is 22.6 Å². The number of fused-ring (bicyclic) bond motifs is 1. The van der Waals surface area contributed by atoms with Crippen LogP contribution in [-0.4, -0.2) is 46.1 Å². The molecular weight excluding hydrogens is 484 g/mol. The van der Waals surface area contributed by atoms with Gasteiger partial charge in [-0.15, -0.1) is 0 Å². The van der Waals surface area contributed by atoms with Crippen molar-refractivity contribution in [1.82, 2.24) is 14.6 Å². The number of alkyl halides is 8. The van der Waals surface area contributed by atoms with Gasteiger partial charge in [0.25, 0.3) is 12.3 Å². The highest BCUT2D eigenvalue weighted by Gasteiger charge is 2.30. The minimum Gasteiger partial charge on any atom is -0.484 e. The quantitative estimate of drug-likeness (QED) is 0.459. The maximum absolute atomic E-state index is 13.3. The number of benzene rings is 1. The predicted octanol–water partition coefficient (Wildman–Crippen LogP) is 5.11. The van der Waals surface area contributed by atoms with Gasteiger partial charge in [-0.05, 0) is 13.0 Å². The SMILES string of the molecule is Cc1cc(C(F)F)n2ncc(C(=O)Nc3cc(OCC(F)(F)F)cc(OCC(F)(F)F)c3)c2n1. The zero-order chi connectivity index (χ0) is 25.3. The Balaban J connectivity index is 1.92. The number of rotatable bonds is 7. The minimum atomic E-state index is -4.74. The molecule has 0 unspecified atom stereocenters. The summed E-state index contributed by atoms with van der Waals surface area (Å²) in [6, 6.07) is 3.68. The summed E-state index contributed by atoms with van der Waals surface area (Å²) < 4.78 is 111. The minimum absolute atomic E-state index is 0.155. The first-order valence-corrected chi connectivity index (χ1v) is 9.21. The predicted molar refractivity (Wildman–Crippen MR) is 100 cm³/mol. The first-order valence-electron chi connectivity index (χ1n) is 9.21. The number of halogens is 8. The maximum atomic E-state index is 13.3. The topological polar surface area (TPSA) is 77.8 Å². The van der Waals surface area contributed by atoms with Crippen LogP contribution in [0, 0.1) is 6.92 Å². The lowest BCUT2D eigenvalue weighted by atomic mass is 10.2. The highest BCUT2D eigenvalue weighted by molar-refractivity contribution is 6.08. The van der Waals surface area contributed by atoms with Gasteiger partial charge >= 0.3 is 12.4 Å². The van der Waals surface area contributed by atoms with Crippen molar-refractivity contribution in [3.63, 3.8) is 0 Å². The highest BCUT2D eigenvalue weighted by atomic mass is 19.4. The van der Waals surface area contributed by atoms with Crippen molar-refractivity contribution in [2.45, 2.75) is 25.7 Å². The van der Waals surface area contributed by atoms with Crippen molar-refractivity contribution in [1.29, 1.82) is 0 Å². The van der Waals surface area contributed by atoms with Crippen LogP contribution in [0.1, 0.15) is 28.2 Å². The molecule has 0 fully saturated rings. The van der Waals surface area contributed by atoms with Crippen LogP contribution >= 0.6 is 0 Å². The number of anilines is 1. The number of aromatic nitrogens is 3. The molecule has 34 heavy (non-hydrogen) atoms. The van der Waals surface area contributed by atoms with Crippen molar-refractivity contribution in [2.24, 2.45) is 0 Å². The number of amides is 1. The number of nitrogens with zero attached hydrogens (tertiary/aromatic N) is 3. The fourth-order valence-electron chi connectivity index (χ4n) is 2.77. The van der Waals surface area contributed by atoms with Crippen molar-refractivity contribution >= 4 is 17.2 Å². The first kappa shape index (κ1) is 25.0. The molecule has 0 aliphatic carbocycles. The Labute approximate surface area is 185 Å². The normalized spacial score (nSPS) is 12.3. The van der Waals surface area contributed by atoms with E-state index < -0.39 is 55.1 Å². The van der Waals surface area contributed by atoms with Crippen LogP contribution in [0.3, 0.4) is 0 Å². The standard InChI is InChI=1S/C19H14F8N4O3/c1-9-2-14(15(20)21)31-16(29-9)13(6-28-31)17(32)30-10-3-11(33-7-18(22,23)24)5-12(4-10)34-8-19(25,26)27/h2-6,15H,7-8H2,1H3,(H,30,32). The van der Waals surface area contributed by atoms with Crippen molar-refractivity contribution in [2.75, 3.05) is 18.5 Å². The van der Waals surface area contributed by atoms with Gasteiger partial charge in [-0.2, -0.15) is 31.4 Å². The van der Waals surface area contributed by atoms with Gasteiger partial charge in [0.05, 0.1) is 6.20 Å². The van der Waals surface area contributed by atoms with Crippen LogP contribution in [0.5, 0.6) is 11.5 Å². The summed E-state index contributed by atoms with van der Waals surface area (Å²) in [6.45, 7) is -2.10. The van der Waals surface area contributed by atoms with E-state index in [1.54, 1.807) is 0 Å². The Bertz CT molecular complexity index is 1150. The van der Waals surface area contributed by atoms with E-state index in [1.165, 1.54) is 6.92 Å². The van der Waals surface area contributed by atoms with Crippen LogP contribution < -0.4 is 14.8 Å². The molecule has 15 heteroatoms. The van der Waals surface area contributed by atoms with Gasteiger partial charge in [0.15, 0.2) is 18.9 Å². The van der Waals surface area contributed by atoms with E-state index >= 15 is 0 Å². The molecule has 2 aromatic heterocycles. The molecule has 2 heterocycles. The third-order valence-electron chi connectivity index (χ3n) is 4.04. The summed E-state index contributed by atoms with van der Waals surface area (Å²) >= 11 is 0. The molecule has 0 bridgehead atoms. The Hall–Kier alpha value is -3.65. The van der Waals surface area contributed by atoms with E-state index in [0.29, 0.717) is 0 Å². The second-order valence-electron chi connectivity index (χ2n) is 6.87. The lowest BCUT2D eigenvalue weighted by Gasteiger charge is -2.14. The van der Waals surface area contributed by atoms with Gasteiger partial charge in [0.1, 0.15) is 22.8 Å². The molecule has 0 atom stereocenters. The molecule has 0 aliphatic rings. The van der Waals surface area contributed by atoms with Crippen LogP contribution in [0.2, 0.25) is 0 Å². The second kappa shape index (κ2) is 9.30. The monoisotopic (exact) mass is 498 g/mol. The molecule has 0 radical (unpaired) electrons. The number of nitrogens with one attached hydrogen (secondary N) is 1. The van der Waals surface area contributed by atoms with Gasteiger partial charge in [0, 0.05) is 29.6 Å².